The maximum atomic E-state index is 12.5. The highest BCUT2D eigenvalue weighted by atomic mass is 79.9. The number of hydrogen-bond donors (Lipinski definition) is 2. The van der Waals surface area contributed by atoms with Crippen LogP contribution in [-0.2, 0) is 16.2 Å². The van der Waals surface area contributed by atoms with Gasteiger partial charge < -0.3 is 9.87 Å². The smallest absolute Gasteiger partial charge is 0.232 e. The average Bonchev–Trinajstić information content (AvgIpc) is 2.35. The monoisotopic (exact) mass is 372 g/mol. The quantitative estimate of drug-likeness (QED) is 0.780. The molecule has 1 aromatic rings. The van der Waals surface area contributed by atoms with Crippen LogP contribution >= 0.6 is 15.9 Å². The van der Waals surface area contributed by atoms with Gasteiger partial charge in [0.05, 0.1) is 17.1 Å². The Hall–Kier alpha value is -0.560. The van der Waals surface area contributed by atoms with Gasteiger partial charge in [-0.1, -0.05) is 12.1 Å². The summed E-state index contributed by atoms with van der Waals surface area (Å²) in [6.07, 6.45) is 0. The number of para-hydroxylation sites is 1. The highest BCUT2D eigenvalue weighted by Gasteiger charge is 2.46. The number of carbonyl (C=O) groups is 1. The zero-order chi connectivity index (χ0) is 16.0. The number of benzene rings is 1. The lowest BCUT2D eigenvalue weighted by molar-refractivity contribution is -0.125. The van der Waals surface area contributed by atoms with Crippen molar-refractivity contribution < 1.29 is 9.35 Å². The summed E-state index contributed by atoms with van der Waals surface area (Å²) in [5, 5.41) is 2.94. The van der Waals surface area contributed by atoms with Gasteiger partial charge in [0, 0.05) is 15.8 Å². The van der Waals surface area contributed by atoms with Crippen LogP contribution in [0.3, 0.4) is 0 Å². The SMILES string of the molecule is CC1(C)C(=O)Nc2c(Br)cccc2[C@H]1N[S+]([O-])C(C)(C)C. The zero-order valence-corrected chi connectivity index (χ0v) is 15.3. The number of anilines is 1. The molecule has 0 aliphatic carbocycles. The van der Waals surface area contributed by atoms with E-state index in [1.807, 2.05) is 52.8 Å². The predicted octanol–water partition coefficient (Wildman–Crippen LogP) is 3.52. The van der Waals surface area contributed by atoms with Crippen molar-refractivity contribution in [1.82, 2.24) is 4.72 Å². The second-order valence-corrected chi connectivity index (χ2v) is 9.66. The Kier molecular flexibility index (Phi) is 4.46. The summed E-state index contributed by atoms with van der Waals surface area (Å²) in [6, 6.07) is 5.46. The van der Waals surface area contributed by atoms with Crippen LogP contribution in [-0.4, -0.2) is 15.2 Å². The topological polar surface area (TPSA) is 64.2 Å². The Morgan fingerprint density at radius 1 is 1.38 bits per heavy atom. The first-order chi connectivity index (χ1) is 9.55. The van der Waals surface area contributed by atoms with E-state index in [2.05, 4.69) is 26.0 Å². The van der Waals surface area contributed by atoms with Gasteiger partial charge in [0.1, 0.15) is 4.75 Å². The lowest BCUT2D eigenvalue weighted by Gasteiger charge is -2.40. The van der Waals surface area contributed by atoms with E-state index < -0.39 is 21.5 Å². The fourth-order valence-electron chi connectivity index (χ4n) is 2.20. The van der Waals surface area contributed by atoms with Crippen LogP contribution in [0.1, 0.15) is 46.2 Å². The van der Waals surface area contributed by atoms with Crippen molar-refractivity contribution in [3.8, 4) is 0 Å². The van der Waals surface area contributed by atoms with Gasteiger partial charge in [0.15, 0.2) is 0 Å². The van der Waals surface area contributed by atoms with Crippen LogP contribution in [0.2, 0.25) is 0 Å². The Morgan fingerprint density at radius 3 is 2.57 bits per heavy atom. The fourth-order valence-corrected chi connectivity index (χ4v) is 3.67. The molecule has 1 aromatic carbocycles. The summed E-state index contributed by atoms with van der Waals surface area (Å²) in [5.74, 6) is -0.0784. The van der Waals surface area contributed by atoms with Crippen LogP contribution in [0.5, 0.6) is 0 Å². The molecule has 2 atom stereocenters. The van der Waals surface area contributed by atoms with Gasteiger partial charge in [0.25, 0.3) is 0 Å². The lowest BCUT2D eigenvalue weighted by atomic mass is 9.77. The van der Waals surface area contributed by atoms with Crippen LogP contribution in [0.4, 0.5) is 5.69 Å². The number of amides is 1. The molecule has 116 valence electrons. The van der Waals surface area contributed by atoms with Gasteiger partial charge in [-0.25, -0.2) is 0 Å². The Labute approximate surface area is 137 Å². The first-order valence-corrected chi connectivity index (χ1v) is 8.77. The molecule has 6 heteroatoms. The van der Waals surface area contributed by atoms with E-state index in [4.69, 9.17) is 0 Å². The van der Waals surface area contributed by atoms with Gasteiger partial charge >= 0.3 is 0 Å². The van der Waals surface area contributed by atoms with E-state index in [-0.39, 0.29) is 11.9 Å². The molecule has 2 N–H and O–H groups in total. The molecule has 1 amide bonds. The van der Waals surface area contributed by atoms with Gasteiger partial charge in [-0.3, -0.25) is 4.79 Å². The van der Waals surface area contributed by atoms with Crippen LogP contribution in [0.15, 0.2) is 22.7 Å². The molecule has 0 saturated heterocycles. The number of rotatable bonds is 2. The molecule has 2 rings (SSSR count). The van der Waals surface area contributed by atoms with Crippen molar-refractivity contribution in [2.45, 2.75) is 45.4 Å². The molecular formula is C15H21BrN2O2S. The minimum atomic E-state index is -1.26. The van der Waals surface area contributed by atoms with Crippen LogP contribution < -0.4 is 10.0 Å². The van der Waals surface area contributed by atoms with E-state index in [0.717, 1.165) is 15.7 Å². The maximum absolute atomic E-state index is 12.5. The van der Waals surface area contributed by atoms with E-state index in [1.54, 1.807) is 0 Å². The molecule has 1 aliphatic rings. The summed E-state index contributed by atoms with van der Waals surface area (Å²) in [6.45, 7) is 9.46. The standard InChI is InChI=1S/C15H21BrN2O2S/c1-14(2,3)21(20)18-12-9-7-6-8-10(16)11(9)17-13(19)15(12,4)5/h6-8,12,18H,1-5H3,(H,17,19)/t12-,21?/m1/s1. The highest BCUT2D eigenvalue weighted by Crippen LogP contribution is 2.45. The van der Waals surface area contributed by atoms with Gasteiger partial charge in [0.2, 0.25) is 5.91 Å². The molecule has 1 unspecified atom stereocenters. The molecule has 1 aliphatic heterocycles. The second-order valence-electron chi connectivity index (χ2n) is 6.81. The van der Waals surface area contributed by atoms with E-state index in [1.165, 1.54) is 0 Å². The molecular weight excluding hydrogens is 352 g/mol. The number of hydrogen-bond acceptors (Lipinski definition) is 3. The Balaban J connectivity index is 2.47. The van der Waals surface area contributed by atoms with Gasteiger partial charge in [-0.15, -0.1) is 4.72 Å². The van der Waals surface area contributed by atoms with E-state index in [0.29, 0.717) is 0 Å². The minimum Gasteiger partial charge on any atom is -0.598 e. The molecule has 0 spiro atoms. The molecule has 4 nitrogen and oxygen atoms in total. The van der Waals surface area contributed by atoms with Gasteiger partial charge in [-0.05, 0) is 62.2 Å². The molecule has 1 heterocycles. The van der Waals surface area contributed by atoms with Crippen molar-refractivity contribution >= 4 is 38.9 Å². The first-order valence-electron chi connectivity index (χ1n) is 6.83. The number of halogens is 1. The van der Waals surface area contributed by atoms with Crippen molar-refractivity contribution in [1.29, 1.82) is 0 Å². The largest absolute Gasteiger partial charge is 0.598 e. The third-order valence-corrected chi connectivity index (χ3v) is 5.91. The van der Waals surface area contributed by atoms with Crippen LogP contribution in [0.25, 0.3) is 0 Å². The summed E-state index contributed by atoms with van der Waals surface area (Å²) in [5.41, 5.74) is 1.02. The normalized spacial score (nSPS) is 22.4. The summed E-state index contributed by atoms with van der Waals surface area (Å²) in [7, 11) is 0. The number of nitrogens with one attached hydrogen (secondary N) is 2. The third-order valence-electron chi connectivity index (χ3n) is 3.68. The van der Waals surface area contributed by atoms with Crippen LogP contribution in [0, 0.1) is 5.41 Å². The molecule has 0 aromatic heterocycles. The average molecular weight is 373 g/mol. The molecule has 21 heavy (non-hydrogen) atoms. The van der Waals surface area contributed by atoms with E-state index >= 15 is 0 Å². The molecule has 0 radical (unpaired) electrons. The Bertz CT molecular complexity index is 569. The molecule has 0 fully saturated rings. The lowest BCUT2D eigenvalue weighted by Crippen LogP contribution is -2.51. The third kappa shape index (κ3) is 3.13. The summed E-state index contributed by atoms with van der Waals surface area (Å²) < 4.78 is 16.1. The predicted molar refractivity (Wildman–Crippen MR) is 90.3 cm³/mol. The zero-order valence-electron chi connectivity index (χ0n) is 12.9. The van der Waals surface area contributed by atoms with Crippen molar-refractivity contribution in [3.05, 3.63) is 28.2 Å². The van der Waals surface area contributed by atoms with Crippen molar-refractivity contribution in [2.24, 2.45) is 5.41 Å². The Morgan fingerprint density at radius 2 is 2.00 bits per heavy atom. The molecule has 0 saturated carbocycles. The number of carbonyl (C=O) groups excluding carboxylic acids is 1. The summed E-state index contributed by atoms with van der Waals surface area (Å²) >= 11 is 2.21. The van der Waals surface area contributed by atoms with Crippen molar-refractivity contribution in [2.75, 3.05) is 5.32 Å². The fraction of sp³-hybridized carbons (Fsp3) is 0.533. The van der Waals surface area contributed by atoms with E-state index in [9.17, 15) is 9.35 Å². The summed E-state index contributed by atoms with van der Waals surface area (Å²) in [4.78, 5) is 12.4. The molecule has 0 bridgehead atoms. The second kappa shape index (κ2) is 5.57. The van der Waals surface area contributed by atoms with Crippen molar-refractivity contribution in [3.63, 3.8) is 0 Å². The minimum absolute atomic E-state index is 0.0784. The highest BCUT2D eigenvalue weighted by molar-refractivity contribution is 9.10. The van der Waals surface area contributed by atoms with Gasteiger partial charge in [-0.2, -0.15) is 0 Å². The number of fused-ring (bicyclic) bond motifs is 1. The maximum Gasteiger partial charge on any atom is 0.232 e. The first kappa shape index (κ1) is 16.8.